The summed E-state index contributed by atoms with van der Waals surface area (Å²) in [5.74, 6) is 0. The molecular weight excluding hydrogens is 607 g/mol. The summed E-state index contributed by atoms with van der Waals surface area (Å²) in [6.07, 6.45) is 0. The molecule has 10 aromatic rings. The number of para-hydroxylation sites is 1. The van der Waals surface area contributed by atoms with E-state index in [9.17, 15) is 0 Å². The van der Waals surface area contributed by atoms with Gasteiger partial charge in [0.1, 0.15) is 0 Å². The van der Waals surface area contributed by atoms with Gasteiger partial charge in [-0.15, -0.1) is 22.7 Å². The molecule has 0 radical (unpaired) electrons. The van der Waals surface area contributed by atoms with Crippen molar-refractivity contribution in [3.05, 3.63) is 139 Å². The molecule has 5 heteroatoms. The quantitative estimate of drug-likeness (QED) is 0.164. The number of fused-ring (bicyclic) bond motifs is 14. The summed E-state index contributed by atoms with van der Waals surface area (Å²) in [5, 5.41) is 13.0. The van der Waals surface area contributed by atoms with E-state index in [4.69, 9.17) is 0 Å². The van der Waals surface area contributed by atoms with E-state index in [0.717, 1.165) is 0 Å². The van der Waals surface area contributed by atoms with Gasteiger partial charge in [0, 0.05) is 69.2 Å². The Balaban J connectivity index is 1.28. The van der Waals surface area contributed by atoms with Crippen molar-refractivity contribution in [3.8, 4) is 10.4 Å². The smallest absolute Gasteiger partial charge is 0.334 e. The maximum Gasteiger partial charge on any atom is 0.334 e. The zero-order chi connectivity index (χ0) is 30.4. The number of nitrogens with zero attached hydrogens (tertiary/aromatic N) is 2. The van der Waals surface area contributed by atoms with Crippen LogP contribution in [0, 0.1) is 0 Å². The van der Waals surface area contributed by atoms with Crippen molar-refractivity contribution in [2.45, 2.75) is 0 Å². The topological polar surface area (TPSA) is 8.17 Å². The van der Waals surface area contributed by atoms with E-state index < -0.39 is 0 Å². The molecule has 3 aromatic heterocycles. The lowest BCUT2D eigenvalue weighted by atomic mass is 9.45. The van der Waals surface area contributed by atoms with Gasteiger partial charge in [-0.25, -0.2) is 0 Å². The summed E-state index contributed by atoms with van der Waals surface area (Å²) in [7, 11) is 0. The van der Waals surface area contributed by atoms with Crippen LogP contribution in [0.3, 0.4) is 0 Å². The third-order valence-corrected chi connectivity index (χ3v) is 12.7. The van der Waals surface area contributed by atoms with E-state index in [1.807, 2.05) is 22.7 Å². The molecule has 0 aliphatic carbocycles. The zero-order valence-electron chi connectivity index (χ0n) is 25.1. The van der Waals surface area contributed by atoms with Crippen LogP contribution in [0.1, 0.15) is 0 Å². The van der Waals surface area contributed by atoms with Crippen molar-refractivity contribution in [2.24, 2.45) is 0 Å². The fraction of sp³-hybridized carbons (Fsp3) is 0. The molecule has 7 aromatic carbocycles. The van der Waals surface area contributed by atoms with E-state index in [1.165, 1.54) is 102 Å². The number of hydrogen-bond donors (Lipinski definition) is 0. The van der Waals surface area contributed by atoms with Crippen LogP contribution < -0.4 is 15.8 Å². The first-order valence-corrected chi connectivity index (χ1v) is 17.8. The van der Waals surface area contributed by atoms with Crippen molar-refractivity contribution in [3.63, 3.8) is 0 Å². The largest absolute Gasteiger partial charge is 0.375 e. The van der Waals surface area contributed by atoms with Gasteiger partial charge in [0.15, 0.2) is 0 Å². The molecule has 0 bridgehead atoms. The predicted octanol–water partition coefficient (Wildman–Crippen LogP) is 10.9. The SMILES string of the molecule is c1ccc2cc(N3c4csc5c4B(c4c3ccc3ccccc43)n3c4ccccc4c4c6c(cc-5c43)sc3ccccc36)ccc2c1. The highest BCUT2D eigenvalue weighted by atomic mass is 32.1. The zero-order valence-corrected chi connectivity index (χ0v) is 26.7. The first kappa shape index (κ1) is 24.8. The molecule has 0 spiro atoms. The highest BCUT2D eigenvalue weighted by molar-refractivity contribution is 7.26. The summed E-state index contributed by atoms with van der Waals surface area (Å²) in [4.78, 5) is 3.93. The van der Waals surface area contributed by atoms with E-state index in [1.54, 1.807) is 0 Å². The summed E-state index contributed by atoms with van der Waals surface area (Å²) in [6.45, 7) is 0.0568. The van der Waals surface area contributed by atoms with Crippen LogP contribution in [0.2, 0.25) is 0 Å². The van der Waals surface area contributed by atoms with Gasteiger partial charge in [-0.3, -0.25) is 0 Å². The third-order valence-electron chi connectivity index (χ3n) is 10.6. The van der Waals surface area contributed by atoms with Gasteiger partial charge in [-0.05, 0) is 68.9 Å². The van der Waals surface area contributed by atoms with Gasteiger partial charge in [-0.2, -0.15) is 0 Å². The van der Waals surface area contributed by atoms with Crippen LogP contribution in [-0.4, -0.2) is 11.3 Å². The molecule has 2 nitrogen and oxygen atoms in total. The number of benzene rings is 7. The van der Waals surface area contributed by atoms with Crippen molar-refractivity contribution >= 4 is 121 Å². The molecule has 0 amide bonds. The van der Waals surface area contributed by atoms with E-state index in [0.29, 0.717) is 0 Å². The number of thiophene rings is 2. The highest BCUT2D eigenvalue weighted by Crippen LogP contribution is 2.52. The summed E-state index contributed by atoms with van der Waals surface area (Å²) in [5.41, 5.74) is 10.6. The molecule has 216 valence electrons. The van der Waals surface area contributed by atoms with Crippen molar-refractivity contribution < 1.29 is 0 Å². The molecule has 0 saturated heterocycles. The Morgan fingerprint density at radius 1 is 0.532 bits per heavy atom. The molecule has 0 N–H and O–H groups in total. The second-order valence-corrected chi connectivity index (χ2v) is 14.8. The van der Waals surface area contributed by atoms with Crippen molar-refractivity contribution in [1.82, 2.24) is 4.48 Å². The summed E-state index contributed by atoms with van der Waals surface area (Å²) >= 11 is 3.83. The van der Waals surface area contributed by atoms with E-state index >= 15 is 0 Å². The van der Waals surface area contributed by atoms with Gasteiger partial charge < -0.3 is 9.38 Å². The van der Waals surface area contributed by atoms with E-state index in [2.05, 4.69) is 148 Å². The Kier molecular flexibility index (Phi) is 4.60. The van der Waals surface area contributed by atoms with Gasteiger partial charge >= 0.3 is 6.85 Å². The molecule has 0 fully saturated rings. The predicted molar refractivity (Wildman–Crippen MR) is 206 cm³/mol. The lowest BCUT2D eigenvalue weighted by Crippen LogP contribution is -2.56. The van der Waals surface area contributed by atoms with Crippen LogP contribution >= 0.6 is 22.7 Å². The molecule has 2 aliphatic heterocycles. The van der Waals surface area contributed by atoms with Crippen LogP contribution in [0.4, 0.5) is 17.1 Å². The minimum Gasteiger partial charge on any atom is -0.375 e. The number of anilines is 3. The Bertz CT molecular complexity index is 3000. The monoisotopic (exact) mass is 630 g/mol. The fourth-order valence-corrected chi connectivity index (χ4v) is 11.0. The molecule has 0 unspecified atom stereocenters. The van der Waals surface area contributed by atoms with Crippen LogP contribution in [0.5, 0.6) is 0 Å². The van der Waals surface area contributed by atoms with Crippen LogP contribution in [-0.2, 0) is 0 Å². The number of aromatic nitrogens is 1. The Morgan fingerprint density at radius 2 is 1.28 bits per heavy atom. The third kappa shape index (κ3) is 3.03. The molecular formula is C42H23BN2S2. The van der Waals surface area contributed by atoms with Crippen LogP contribution in [0.15, 0.2) is 139 Å². The Hall–Kier alpha value is -5.36. The molecule has 0 atom stereocenters. The average molecular weight is 631 g/mol. The lowest BCUT2D eigenvalue weighted by molar-refractivity contribution is 1.28. The number of hydrogen-bond acceptors (Lipinski definition) is 3. The van der Waals surface area contributed by atoms with Gasteiger partial charge in [-0.1, -0.05) is 97.1 Å². The Morgan fingerprint density at radius 3 is 2.19 bits per heavy atom. The number of rotatable bonds is 1. The lowest BCUT2D eigenvalue weighted by Gasteiger charge is -2.38. The molecule has 5 heterocycles. The Labute approximate surface area is 278 Å². The van der Waals surface area contributed by atoms with E-state index in [-0.39, 0.29) is 6.85 Å². The molecule has 2 aliphatic rings. The van der Waals surface area contributed by atoms with Gasteiger partial charge in [0.2, 0.25) is 0 Å². The maximum absolute atomic E-state index is 2.70. The molecule has 47 heavy (non-hydrogen) atoms. The first-order valence-electron chi connectivity index (χ1n) is 16.1. The van der Waals surface area contributed by atoms with Gasteiger partial charge in [0.05, 0.1) is 5.69 Å². The minimum absolute atomic E-state index is 0.0568. The first-order chi connectivity index (χ1) is 23.3. The summed E-state index contributed by atoms with van der Waals surface area (Å²) in [6, 6.07) is 49.8. The highest BCUT2D eigenvalue weighted by Gasteiger charge is 2.45. The fourth-order valence-electron chi connectivity index (χ4n) is 8.74. The van der Waals surface area contributed by atoms with Gasteiger partial charge in [0.25, 0.3) is 0 Å². The second kappa shape index (κ2) is 8.71. The minimum atomic E-state index is 0.0568. The normalized spacial score (nSPS) is 13.4. The molecule has 0 saturated carbocycles. The average Bonchev–Trinajstić information content (AvgIpc) is 3.82. The van der Waals surface area contributed by atoms with Crippen LogP contribution in [0.25, 0.3) is 74.0 Å². The molecule has 12 rings (SSSR count). The van der Waals surface area contributed by atoms with Crippen molar-refractivity contribution in [2.75, 3.05) is 4.90 Å². The second-order valence-electron chi connectivity index (χ2n) is 12.9. The van der Waals surface area contributed by atoms with Crippen molar-refractivity contribution in [1.29, 1.82) is 0 Å². The maximum atomic E-state index is 2.70. The standard InChI is InChI=1S/C42H23BN2S2/c1-2-11-26-21-27(19-17-24(26)9-1)44-33-20-18-25-10-3-4-12-28(25)39(33)43-40-34(44)23-46-42(40)31-22-36-37(30-14-6-8-16-35(30)47-36)38-29-13-5-7-15-32(29)45(43)41(31)38/h1-23H. The summed E-state index contributed by atoms with van der Waals surface area (Å²) < 4.78 is 5.42.